The Hall–Kier alpha value is -0.800. The molecule has 4 heteroatoms. The number of nitrogens with zero attached hydrogens (tertiary/aromatic N) is 1. The van der Waals surface area contributed by atoms with Gasteiger partial charge in [0.1, 0.15) is 5.67 Å². The van der Waals surface area contributed by atoms with Gasteiger partial charge in [-0.05, 0) is 12.8 Å². The van der Waals surface area contributed by atoms with Crippen molar-refractivity contribution >= 4 is 5.96 Å². The quantitative estimate of drug-likeness (QED) is 0.456. The third kappa shape index (κ3) is 2.37. The van der Waals surface area contributed by atoms with Gasteiger partial charge in [0.2, 0.25) is 0 Å². The van der Waals surface area contributed by atoms with Crippen molar-refractivity contribution in [3.05, 3.63) is 0 Å². The molecule has 0 spiro atoms. The van der Waals surface area contributed by atoms with Crippen LogP contribution in [0.5, 0.6) is 0 Å². The third-order valence-electron chi connectivity index (χ3n) is 2.04. The second-order valence-electron chi connectivity index (χ2n) is 3.10. The van der Waals surface area contributed by atoms with E-state index in [0.717, 1.165) is 12.8 Å². The van der Waals surface area contributed by atoms with E-state index in [1.165, 1.54) is 0 Å². The Morgan fingerprint density at radius 3 is 2.36 bits per heavy atom. The number of aliphatic imine (C=N–C) groups is 1. The highest BCUT2D eigenvalue weighted by atomic mass is 19.1. The van der Waals surface area contributed by atoms with Gasteiger partial charge in [-0.2, -0.15) is 0 Å². The maximum atomic E-state index is 13.5. The Kier molecular flexibility index (Phi) is 2.31. The number of nitrogens with two attached hydrogens (primary N) is 2. The summed E-state index contributed by atoms with van der Waals surface area (Å²) >= 11 is 0. The third-order valence-corrected chi connectivity index (χ3v) is 2.04. The van der Waals surface area contributed by atoms with Crippen LogP contribution >= 0.6 is 0 Å². The van der Waals surface area contributed by atoms with Crippen LogP contribution in [0.2, 0.25) is 0 Å². The summed E-state index contributed by atoms with van der Waals surface area (Å²) in [6.45, 7) is 0.134. The Morgan fingerprint density at radius 2 is 1.91 bits per heavy atom. The highest BCUT2D eigenvalue weighted by molar-refractivity contribution is 5.75. The molecule has 0 aromatic heterocycles. The van der Waals surface area contributed by atoms with Crippen LogP contribution in [0.15, 0.2) is 4.99 Å². The van der Waals surface area contributed by atoms with E-state index < -0.39 is 5.67 Å². The minimum atomic E-state index is -1.12. The summed E-state index contributed by atoms with van der Waals surface area (Å²) in [6, 6.07) is 0. The summed E-state index contributed by atoms with van der Waals surface area (Å²) in [5, 5.41) is 0. The Balaban J connectivity index is 2.40. The lowest BCUT2D eigenvalue weighted by atomic mass is 10.1. The minimum Gasteiger partial charge on any atom is -0.370 e. The molecule has 0 aromatic carbocycles. The van der Waals surface area contributed by atoms with Gasteiger partial charge in [-0.3, -0.25) is 4.99 Å². The van der Waals surface area contributed by atoms with Crippen molar-refractivity contribution in [2.75, 3.05) is 6.54 Å². The first-order chi connectivity index (χ1) is 5.12. The average molecular weight is 159 g/mol. The largest absolute Gasteiger partial charge is 0.370 e. The molecule has 1 saturated carbocycles. The predicted octanol–water partition coefficient (Wildman–Crippen LogP) is 0.542. The van der Waals surface area contributed by atoms with Gasteiger partial charge in [-0.1, -0.05) is 12.8 Å². The maximum Gasteiger partial charge on any atom is 0.186 e. The molecule has 1 aliphatic carbocycles. The summed E-state index contributed by atoms with van der Waals surface area (Å²) in [6.07, 6.45) is 3.11. The van der Waals surface area contributed by atoms with Crippen LogP contribution < -0.4 is 11.5 Å². The van der Waals surface area contributed by atoms with Crippen molar-refractivity contribution in [3.63, 3.8) is 0 Å². The average Bonchev–Trinajstić information content (AvgIpc) is 2.33. The fraction of sp³-hybridized carbons (Fsp3) is 0.857. The van der Waals surface area contributed by atoms with Crippen molar-refractivity contribution < 1.29 is 4.39 Å². The summed E-state index contributed by atoms with van der Waals surface area (Å²) < 4.78 is 13.5. The van der Waals surface area contributed by atoms with Gasteiger partial charge in [0.05, 0.1) is 6.54 Å². The second kappa shape index (κ2) is 3.07. The Morgan fingerprint density at radius 1 is 1.36 bits per heavy atom. The smallest absolute Gasteiger partial charge is 0.186 e. The van der Waals surface area contributed by atoms with Gasteiger partial charge in [0.15, 0.2) is 5.96 Å². The number of halogens is 1. The monoisotopic (exact) mass is 159 g/mol. The molecule has 0 radical (unpaired) electrons. The van der Waals surface area contributed by atoms with Gasteiger partial charge >= 0.3 is 0 Å². The van der Waals surface area contributed by atoms with Crippen LogP contribution in [0, 0.1) is 0 Å². The predicted molar refractivity (Wildman–Crippen MR) is 43.0 cm³/mol. The molecule has 0 aliphatic heterocycles. The van der Waals surface area contributed by atoms with E-state index in [9.17, 15) is 4.39 Å². The lowest BCUT2D eigenvalue weighted by Gasteiger charge is -2.15. The van der Waals surface area contributed by atoms with Gasteiger partial charge in [-0.15, -0.1) is 0 Å². The minimum absolute atomic E-state index is 0.0195. The van der Waals surface area contributed by atoms with Gasteiger partial charge in [-0.25, -0.2) is 4.39 Å². The van der Waals surface area contributed by atoms with E-state index >= 15 is 0 Å². The zero-order chi connectivity index (χ0) is 8.32. The van der Waals surface area contributed by atoms with Crippen molar-refractivity contribution in [2.45, 2.75) is 31.4 Å². The van der Waals surface area contributed by atoms with Gasteiger partial charge in [0.25, 0.3) is 0 Å². The van der Waals surface area contributed by atoms with E-state index in [-0.39, 0.29) is 12.5 Å². The molecule has 11 heavy (non-hydrogen) atoms. The number of rotatable bonds is 2. The normalized spacial score (nSPS) is 21.5. The van der Waals surface area contributed by atoms with Gasteiger partial charge in [0, 0.05) is 0 Å². The Bertz CT molecular complexity index is 157. The van der Waals surface area contributed by atoms with E-state index in [1.807, 2.05) is 0 Å². The lowest BCUT2D eigenvalue weighted by molar-refractivity contribution is 0.184. The Labute approximate surface area is 65.7 Å². The second-order valence-corrected chi connectivity index (χ2v) is 3.10. The fourth-order valence-corrected chi connectivity index (χ4v) is 1.40. The van der Waals surface area contributed by atoms with E-state index in [2.05, 4.69) is 4.99 Å². The molecule has 1 aliphatic rings. The van der Waals surface area contributed by atoms with Crippen LogP contribution in [0.3, 0.4) is 0 Å². The van der Waals surface area contributed by atoms with Crippen molar-refractivity contribution in [1.29, 1.82) is 0 Å². The molecule has 0 amide bonds. The molecule has 1 fully saturated rings. The number of guanidine groups is 1. The molecule has 0 heterocycles. The standard InChI is InChI=1S/C7H14FN3/c8-7(3-1-2-4-7)5-11-6(9)10/h1-5H2,(H4,9,10,11). The SMILES string of the molecule is NC(N)=NCC1(F)CCCC1. The first-order valence-corrected chi connectivity index (χ1v) is 3.87. The topological polar surface area (TPSA) is 64.4 Å². The maximum absolute atomic E-state index is 13.5. The van der Waals surface area contributed by atoms with Crippen molar-refractivity contribution in [1.82, 2.24) is 0 Å². The molecule has 64 valence electrons. The molecule has 1 rings (SSSR count). The summed E-state index contributed by atoms with van der Waals surface area (Å²) in [7, 11) is 0. The molecule has 0 atom stereocenters. The molecule has 4 N–H and O–H groups in total. The number of hydrogen-bond donors (Lipinski definition) is 2. The first kappa shape index (κ1) is 8.30. The summed E-state index contributed by atoms with van der Waals surface area (Å²) in [4.78, 5) is 3.68. The number of alkyl halides is 1. The first-order valence-electron chi connectivity index (χ1n) is 3.87. The molecular formula is C7H14FN3. The molecule has 3 nitrogen and oxygen atoms in total. The van der Waals surface area contributed by atoms with Crippen molar-refractivity contribution in [3.8, 4) is 0 Å². The molecule has 0 saturated heterocycles. The zero-order valence-electron chi connectivity index (χ0n) is 6.52. The van der Waals surface area contributed by atoms with Crippen molar-refractivity contribution in [2.24, 2.45) is 16.5 Å². The molecular weight excluding hydrogens is 145 g/mol. The number of hydrogen-bond acceptors (Lipinski definition) is 1. The van der Waals surface area contributed by atoms with Gasteiger partial charge < -0.3 is 11.5 Å². The molecule has 0 bridgehead atoms. The lowest BCUT2D eigenvalue weighted by Crippen LogP contribution is -2.28. The van der Waals surface area contributed by atoms with Crippen LogP contribution in [0.4, 0.5) is 4.39 Å². The summed E-state index contributed by atoms with van der Waals surface area (Å²) in [5.41, 5.74) is 9.06. The van der Waals surface area contributed by atoms with Crippen LogP contribution in [-0.4, -0.2) is 18.2 Å². The van der Waals surface area contributed by atoms with Crippen LogP contribution in [0.1, 0.15) is 25.7 Å². The summed E-state index contributed by atoms with van der Waals surface area (Å²) in [5.74, 6) is -0.0195. The van der Waals surface area contributed by atoms with E-state index in [4.69, 9.17) is 11.5 Å². The van der Waals surface area contributed by atoms with E-state index in [0.29, 0.717) is 12.8 Å². The molecule has 0 unspecified atom stereocenters. The highest BCUT2D eigenvalue weighted by Crippen LogP contribution is 2.33. The van der Waals surface area contributed by atoms with E-state index in [1.54, 1.807) is 0 Å². The zero-order valence-corrected chi connectivity index (χ0v) is 6.52. The fourth-order valence-electron chi connectivity index (χ4n) is 1.40. The highest BCUT2D eigenvalue weighted by Gasteiger charge is 2.33. The molecule has 0 aromatic rings. The van der Waals surface area contributed by atoms with Crippen LogP contribution in [-0.2, 0) is 0 Å². The van der Waals surface area contributed by atoms with Crippen LogP contribution in [0.25, 0.3) is 0 Å².